The fraction of sp³-hybridized carbons (Fsp3) is 0.857. The minimum absolute atomic E-state index is 0.406. The van der Waals surface area contributed by atoms with Gasteiger partial charge in [-0.3, -0.25) is 0 Å². The summed E-state index contributed by atoms with van der Waals surface area (Å²) in [5, 5.41) is 17.4. The Morgan fingerprint density at radius 3 is 2.45 bits per heavy atom. The largest absolute Gasteiger partial charge is 0.465 e. The molecule has 0 aliphatic rings. The summed E-state index contributed by atoms with van der Waals surface area (Å²) in [6.45, 7) is 4.30. The molecular weight excluding hydrogens is 146 g/mol. The average molecular weight is 161 g/mol. The van der Waals surface area contributed by atoms with Crippen LogP contribution in [0.3, 0.4) is 0 Å². The van der Waals surface area contributed by atoms with Crippen molar-refractivity contribution in [3.63, 3.8) is 0 Å². The lowest BCUT2D eigenvalue weighted by atomic mass is 10.3. The molecule has 0 fully saturated rings. The Kier molecular flexibility index (Phi) is 4.61. The van der Waals surface area contributed by atoms with Gasteiger partial charge < -0.3 is 15.1 Å². The van der Waals surface area contributed by atoms with Crippen molar-refractivity contribution in [1.29, 1.82) is 0 Å². The molecule has 0 aliphatic heterocycles. The molecule has 4 heteroatoms. The quantitative estimate of drug-likeness (QED) is 0.639. The molecule has 0 aliphatic carbocycles. The smallest absolute Gasteiger partial charge is 0.407 e. The lowest BCUT2D eigenvalue weighted by Crippen LogP contribution is -2.31. The van der Waals surface area contributed by atoms with Crippen molar-refractivity contribution in [3.05, 3.63) is 0 Å². The van der Waals surface area contributed by atoms with Crippen LogP contribution in [0.1, 0.15) is 20.3 Å². The van der Waals surface area contributed by atoms with Gasteiger partial charge in [0.1, 0.15) is 0 Å². The second-order valence-corrected chi connectivity index (χ2v) is 2.50. The summed E-state index contributed by atoms with van der Waals surface area (Å²) in [5.41, 5.74) is 0. The fourth-order valence-electron chi connectivity index (χ4n) is 0.732. The topological polar surface area (TPSA) is 60.8 Å². The van der Waals surface area contributed by atoms with E-state index in [0.29, 0.717) is 19.5 Å². The Morgan fingerprint density at radius 1 is 1.64 bits per heavy atom. The van der Waals surface area contributed by atoms with Crippen LogP contribution in [0.4, 0.5) is 4.79 Å². The Hall–Kier alpha value is -0.770. The van der Waals surface area contributed by atoms with E-state index >= 15 is 0 Å². The van der Waals surface area contributed by atoms with Gasteiger partial charge in [-0.15, -0.1) is 0 Å². The van der Waals surface area contributed by atoms with Crippen LogP contribution < -0.4 is 0 Å². The van der Waals surface area contributed by atoms with Gasteiger partial charge in [0.25, 0.3) is 0 Å². The molecule has 1 amide bonds. The third kappa shape index (κ3) is 4.61. The maximum Gasteiger partial charge on any atom is 0.407 e. The second-order valence-electron chi connectivity index (χ2n) is 2.50. The molecular formula is C7H15NO3. The van der Waals surface area contributed by atoms with Gasteiger partial charge in [0.05, 0.1) is 6.10 Å². The molecule has 0 aromatic carbocycles. The number of carbonyl (C=O) groups is 1. The number of hydrogen-bond donors (Lipinski definition) is 2. The van der Waals surface area contributed by atoms with E-state index in [1.165, 1.54) is 4.90 Å². The fourth-order valence-corrected chi connectivity index (χ4v) is 0.732. The monoisotopic (exact) mass is 161 g/mol. The summed E-state index contributed by atoms with van der Waals surface area (Å²) in [5.74, 6) is 0. The SMILES string of the molecule is CCN(CCC(C)O)C(=O)O. The molecule has 0 spiro atoms. The van der Waals surface area contributed by atoms with Crippen LogP contribution in [0.2, 0.25) is 0 Å². The molecule has 0 rings (SSSR count). The molecule has 4 nitrogen and oxygen atoms in total. The van der Waals surface area contributed by atoms with Gasteiger partial charge in [0.2, 0.25) is 0 Å². The molecule has 0 aromatic heterocycles. The van der Waals surface area contributed by atoms with Gasteiger partial charge in [-0.1, -0.05) is 0 Å². The van der Waals surface area contributed by atoms with Crippen molar-refractivity contribution in [2.24, 2.45) is 0 Å². The van der Waals surface area contributed by atoms with Crippen molar-refractivity contribution in [2.45, 2.75) is 26.4 Å². The van der Waals surface area contributed by atoms with Crippen LogP contribution in [0.5, 0.6) is 0 Å². The molecule has 11 heavy (non-hydrogen) atoms. The van der Waals surface area contributed by atoms with E-state index in [0.717, 1.165) is 0 Å². The summed E-state index contributed by atoms with van der Waals surface area (Å²) in [6.07, 6.45) is -0.850. The number of aliphatic hydroxyl groups excluding tert-OH is 1. The van der Waals surface area contributed by atoms with E-state index < -0.39 is 12.2 Å². The van der Waals surface area contributed by atoms with Crippen molar-refractivity contribution < 1.29 is 15.0 Å². The summed E-state index contributed by atoms with van der Waals surface area (Å²) < 4.78 is 0. The highest BCUT2D eigenvalue weighted by atomic mass is 16.4. The van der Waals surface area contributed by atoms with Crippen LogP contribution in [-0.2, 0) is 0 Å². The van der Waals surface area contributed by atoms with E-state index in [-0.39, 0.29) is 0 Å². The van der Waals surface area contributed by atoms with Gasteiger partial charge in [0, 0.05) is 13.1 Å². The van der Waals surface area contributed by atoms with Crippen LogP contribution in [0.25, 0.3) is 0 Å². The minimum atomic E-state index is -0.923. The molecule has 0 saturated heterocycles. The van der Waals surface area contributed by atoms with Crippen molar-refractivity contribution in [3.8, 4) is 0 Å². The highest BCUT2D eigenvalue weighted by molar-refractivity contribution is 5.64. The van der Waals surface area contributed by atoms with Gasteiger partial charge in [-0.25, -0.2) is 4.79 Å². The van der Waals surface area contributed by atoms with Crippen molar-refractivity contribution in [2.75, 3.05) is 13.1 Å². The Bertz CT molecular complexity index is 125. The minimum Gasteiger partial charge on any atom is -0.465 e. The summed E-state index contributed by atoms with van der Waals surface area (Å²) in [6, 6.07) is 0. The van der Waals surface area contributed by atoms with E-state index in [1.807, 2.05) is 0 Å². The Balaban J connectivity index is 3.61. The molecule has 0 radical (unpaired) electrons. The summed E-state index contributed by atoms with van der Waals surface area (Å²) in [7, 11) is 0. The number of carboxylic acid groups (broad SMARTS) is 1. The lowest BCUT2D eigenvalue weighted by molar-refractivity contribution is 0.130. The number of rotatable bonds is 4. The lowest BCUT2D eigenvalue weighted by Gasteiger charge is -2.17. The Morgan fingerprint density at radius 2 is 2.18 bits per heavy atom. The predicted octanol–water partition coefficient (Wildman–Crippen LogP) is 0.757. The highest BCUT2D eigenvalue weighted by Crippen LogP contribution is 1.95. The first-order chi connectivity index (χ1) is 5.07. The standard InChI is InChI=1S/C7H15NO3/c1-3-8(7(10)11)5-4-6(2)9/h6,9H,3-5H2,1-2H3,(H,10,11). The number of nitrogens with zero attached hydrogens (tertiary/aromatic N) is 1. The third-order valence-corrected chi connectivity index (χ3v) is 1.47. The summed E-state index contributed by atoms with van der Waals surface area (Å²) >= 11 is 0. The number of hydrogen-bond acceptors (Lipinski definition) is 2. The average Bonchev–Trinajstić information content (AvgIpc) is 1.87. The molecule has 0 aromatic rings. The van der Waals surface area contributed by atoms with Crippen molar-refractivity contribution >= 4 is 6.09 Å². The molecule has 0 bridgehead atoms. The van der Waals surface area contributed by atoms with E-state index in [4.69, 9.17) is 10.2 Å². The molecule has 0 heterocycles. The zero-order valence-corrected chi connectivity index (χ0v) is 6.95. The molecule has 2 N–H and O–H groups in total. The highest BCUT2D eigenvalue weighted by Gasteiger charge is 2.08. The zero-order chi connectivity index (χ0) is 8.85. The van der Waals surface area contributed by atoms with Gasteiger partial charge in [0.15, 0.2) is 0 Å². The van der Waals surface area contributed by atoms with Crippen LogP contribution in [-0.4, -0.2) is 40.4 Å². The van der Waals surface area contributed by atoms with E-state index in [1.54, 1.807) is 13.8 Å². The van der Waals surface area contributed by atoms with E-state index in [9.17, 15) is 4.79 Å². The predicted molar refractivity (Wildman–Crippen MR) is 41.6 cm³/mol. The first kappa shape index (κ1) is 10.2. The molecule has 1 atom stereocenters. The summed E-state index contributed by atoms with van der Waals surface area (Å²) in [4.78, 5) is 11.7. The maximum absolute atomic E-state index is 10.4. The molecule has 0 saturated carbocycles. The van der Waals surface area contributed by atoms with Gasteiger partial charge >= 0.3 is 6.09 Å². The Labute approximate surface area is 66.4 Å². The first-order valence-electron chi connectivity index (χ1n) is 3.73. The van der Waals surface area contributed by atoms with Crippen LogP contribution in [0, 0.1) is 0 Å². The number of aliphatic hydroxyl groups is 1. The van der Waals surface area contributed by atoms with E-state index in [2.05, 4.69) is 0 Å². The van der Waals surface area contributed by atoms with Crippen LogP contribution >= 0.6 is 0 Å². The number of amides is 1. The van der Waals surface area contributed by atoms with Gasteiger partial charge in [-0.05, 0) is 20.3 Å². The van der Waals surface area contributed by atoms with Crippen LogP contribution in [0.15, 0.2) is 0 Å². The second kappa shape index (κ2) is 4.96. The maximum atomic E-state index is 10.4. The third-order valence-electron chi connectivity index (χ3n) is 1.47. The molecule has 66 valence electrons. The first-order valence-corrected chi connectivity index (χ1v) is 3.73. The zero-order valence-electron chi connectivity index (χ0n) is 6.95. The molecule has 1 unspecified atom stereocenters. The van der Waals surface area contributed by atoms with Crippen molar-refractivity contribution in [1.82, 2.24) is 4.90 Å². The van der Waals surface area contributed by atoms with Gasteiger partial charge in [-0.2, -0.15) is 0 Å². The normalized spacial score (nSPS) is 12.6.